The molecule has 44 heavy (non-hydrogen) atoms. The van der Waals surface area contributed by atoms with Crippen molar-refractivity contribution in [3.8, 4) is 0 Å². The summed E-state index contributed by atoms with van der Waals surface area (Å²) in [5.74, 6) is -2.20. The van der Waals surface area contributed by atoms with Gasteiger partial charge in [-0.25, -0.2) is 9.59 Å². The van der Waals surface area contributed by atoms with E-state index in [1.165, 1.54) is 6.92 Å². The van der Waals surface area contributed by atoms with Crippen LogP contribution in [0.15, 0.2) is 60.7 Å². The first-order valence-corrected chi connectivity index (χ1v) is 15.8. The molecule has 2 aromatic carbocycles. The van der Waals surface area contributed by atoms with Gasteiger partial charge in [0.15, 0.2) is 0 Å². The first-order valence-electron chi connectivity index (χ1n) is 15.8. The van der Waals surface area contributed by atoms with Crippen molar-refractivity contribution in [1.82, 2.24) is 0 Å². The average Bonchev–Trinajstić information content (AvgIpc) is 3.54. The van der Waals surface area contributed by atoms with E-state index >= 15 is 0 Å². The van der Waals surface area contributed by atoms with Crippen LogP contribution in [0.1, 0.15) is 86.9 Å². The summed E-state index contributed by atoms with van der Waals surface area (Å²) in [4.78, 5) is 48.5. The molecule has 0 bridgehead atoms. The summed E-state index contributed by atoms with van der Waals surface area (Å²) in [5.41, 5.74) is -0.145. The lowest BCUT2D eigenvalue weighted by atomic mass is 9.43. The third-order valence-corrected chi connectivity index (χ3v) is 10.5. The molecule has 238 valence electrons. The van der Waals surface area contributed by atoms with Gasteiger partial charge in [-0.05, 0) is 92.4 Å². The largest absolute Gasteiger partial charge is 0.481 e. The fourth-order valence-electron chi connectivity index (χ4n) is 8.05. The fourth-order valence-corrected chi connectivity index (χ4v) is 8.05. The van der Waals surface area contributed by atoms with Crippen molar-refractivity contribution in [3.63, 3.8) is 0 Å². The number of hydrogen-bond acceptors (Lipinski definition) is 7. The summed E-state index contributed by atoms with van der Waals surface area (Å²) < 4.78 is 18.2. The van der Waals surface area contributed by atoms with Gasteiger partial charge in [0.1, 0.15) is 18.5 Å². The number of rotatable bonds is 8. The van der Waals surface area contributed by atoms with Crippen molar-refractivity contribution in [2.45, 2.75) is 78.4 Å². The van der Waals surface area contributed by atoms with Crippen molar-refractivity contribution in [3.05, 3.63) is 71.8 Å². The molecule has 8 atom stereocenters. The normalized spacial score (nSPS) is 32.7. The van der Waals surface area contributed by atoms with E-state index in [-0.39, 0.29) is 17.3 Å². The molecule has 2 saturated carbocycles. The number of benzene rings is 2. The second-order valence-corrected chi connectivity index (χ2v) is 13.1. The van der Waals surface area contributed by atoms with Gasteiger partial charge in [-0.3, -0.25) is 4.79 Å². The van der Waals surface area contributed by atoms with Crippen LogP contribution < -0.4 is 0 Å². The van der Waals surface area contributed by atoms with Crippen LogP contribution >= 0.6 is 0 Å². The molecule has 1 heterocycles. The van der Waals surface area contributed by atoms with E-state index in [4.69, 9.17) is 19.0 Å². The van der Waals surface area contributed by atoms with Crippen LogP contribution in [0.3, 0.4) is 0 Å². The maximum Gasteiger partial charge on any atom is 0.338 e. The van der Waals surface area contributed by atoms with Crippen LogP contribution in [-0.4, -0.2) is 54.7 Å². The second-order valence-electron chi connectivity index (χ2n) is 13.1. The highest BCUT2D eigenvalue weighted by Gasteiger charge is 2.64. The van der Waals surface area contributed by atoms with E-state index in [1.54, 1.807) is 48.5 Å². The van der Waals surface area contributed by atoms with Crippen LogP contribution in [0.4, 0.5) is 0 Å². The molecule has 2 aliphatic carbocycles. The van der Waals surface area contributed by atoms with Crippen molar-refractivity contribution < 1.29 is 38.5 Å². The van der Waals surface area contributed by atoms with Gasteiger partial charge in [0.05, 0.1) is 17.0 Å². The van der Waals surface area contributed by atoms with Gasteiger partial charge in [0.2, 0.25) is 0 Å². The van der Waals surface area contributed by atoms with E-state index in [0.717, 1.165) is 25.7 Å². The third-order valence-electron chi connectivity index (χ3n) is 10.5. The van der Waals surface area contributed by atoms with Gasteiger partial charge in [-0.15, -0.1) is 0 Å². The van der Waals surface area contributed by atoms with E-state index < -0.39 is 41.4 Å². The SMILES string of the molecule is CC=O.C[C@@H]1C[C@H](OC(=O)c2ccccc2)[C@H](OC(=O)c2ccccc2)C2[C@@]1(C)CC[C@@H](C(=O)O)[C@]2(C)CCC1CCOC1. The Labute approximate surface area is 260 Å². The molecule has 1 saturated heterocycles. The summed E-state index contributed by atoms with van der Waals surface area (Å²) in [6, 6.07) is 17.6. The number of hydrogen-bond donors (Lipinski definition) is 1. The highest BCUT2D eigenvalue weighted by atomic mass is 16.6. The maximum atomic E-state index is 13.6. The lowest BCUT2D eigenvalue weighted by Crippen LogP contribution is -2.64. The fraction of sp³-hybridized carbons (Fsp3) is 0.556. The Morgan fingerprint density at radius 3 is 2.05 bits per heavy atom. The first-order chi connectivity index (χ1) is 21.0. The lowest BCUT2D eigenvalue weighted by Gasteiger charge is -2.62. The number of aliphatic carboxylic acids is 1. The zero-order chi connectivity index (χ0) is 31.9. The Hall–Kier alpha value is -3.52. The maximum absolute atomic E-state index is 13.6. The molecule has 2 aromatic rings. The Balaban J connectivity index is 0.00000141. The Morgan fingerprint density at radius 2 is 1.52 bits per heavy atom. The van der Waals surface area contributed by atoms with E-state index in [2.05, 4.69) is 20.8 Å². The van der Waals surface area contributed by atoms with Gasteiger partial charge in [0, 0.05) is 19.1 Å². The van der Waals surface area contributed by atoms with Gasteiger partial charge >= 0.3 is 17.9 Å². The molecule has 8 nitrogen and oxygen atoms in total. The standard InChI is InChI=1S/C34H42O7.C2H4O/c1-22-20-27(40-31(37)24-10-6-4-7-11-24)28(41-32(38)25-12-8-5-9-13-25)29-33(22,2)18-15-26(30(35)36)34(29,3)17-14-23-16-19-39-21-23;1-2-3/h4-13,22-23,26-29H,14-21H2,1-3H3,(H,35,36);2H,1H3/t22-,23?,26+,27+,28+,29?,33+,34+;/m1./s1. The van der Waals surface area contributed by atoms with Crippen LogP contribution in [0.25, 0.3) is 0 Å². The zero-order valence-corrected chi connectivity index (χ0v) is 26.3. The van der Waals surface area contributed by atoms with Crippen molar-refractivity contribution in [2.24, 2.45) is 34.5 Å². The van der Waals surface area contributed by atoms with Crippen molar-refractivity contribution in [2.75, 3.05) is 13.2 Å². The van der Waals surface area contributed by atoms with Crippen molar-refractivity contribution in [1.29, 1.82) is 0 Å². The number of carbonyl (C=O) groups excluding carboxylic acids is 3. The molecule has 2 unspecified atom stereocenters. The van der Waals surface area contributed by atoms with Crippen LogP contribution in [0.5, 0.6) is 0 Å². The molecule has 1 aliphatic heterocycles. The smallest absolute Gasteiger partial charge is 0.338 e. The molecular weight excluding hydrogens is 560 g/mol. The zero-order valence-electron chi connectivity index (χ0n) is 26.3. The number of esters is 2. The monoisotopic (exact) mass is 606 g/mol. The van der Waals surface area contributed by atoms with Crippen LogP contribution in [-0.2, 0) is 23.8 Å². The van der Waals surface area contributed by atoms with Gasteiger partial charge in [-0.1, -0.05) is 57.2 Å². The van der Waals surface area contributed by atoms with Gasteiger partial charge in [0.25, 0.3) is 0 Å². The summed E-state index contributed by atoms with van der Waals surface area (Å²) in [5, 5.41) is 10.5. The van der Waals surface area contributed by atoms with E-state index in [0.29, 0.717) is 49.3 Å². The number of fused-ring (bicyclic) bond motifs is 1. The Bertz CT molecular complexity index is 1270. The Morgan fingerprint density at radius 1 is 0.955 bits per heavy atom. The number of carboxylic acids is 1. The molecule has 8 heteroatoms. The third kappa shape index (κ3) is 7.06. The predicted octanol–water partition coefficient (Wildman–Crippen LogP) is 6.62. The van der Waals surface area contributed by atoms with Gasteiger partial charge in [-0.2, -0.15) is 0 Å². The summed E-state index contributed by atoms with van der Waals surface area (Å²) >= 11 is 0. The molecular formula is C36H46O8. The number of carboxylic acid groups (broad SMARTS) is 1. The molecule has 0 spiro atoms. The summed E-state index contributed by atoms with van der Waals surface area (Å²) in [7, 11) is 0. The van der Waals surface area contributed by atoms with Crippen molar-refractivity contribution >= 4 is 24.2 Å². The summed E-state index contributed by atoms with van der Waals surface area (Å²) in [6.07, 6.45) is 3.54. The number of ether oxygens (including phenoxy) is 3. The molecule has 5 rings (SSSR count). The highest BCUT2D eigenvalue weighted by Crippen LogP contribution is 2.64. The first kappa shape index (κ1) is 33.4. The molecule has 0 radical (unpaired) electrons. The molecule has 1 N–H and O–H groups in total. The van der Waals surface area contributed by atoms with Gasteiger partial charge < -0.3 is 24.1 Å². The topological polar surface area (TPSA) is 116 Å². The predicted molar refractivity (Wildman–Crippen MR) is 165 cm³/mol. The molecule has 3 aliphatic rings. The highest BCUT2D eigenvalue weighted by molar-refractivity contribution is 5.90. The van der Waals surface area contributed by atoms with E-state index in [9.17, 15) is 19.5 Å². The molecule has 0 amide bonds. The minimum absolute atomic E-state index is 0.122. The van der Waals surface area contributed by atoms with Crippen LogP contribution in [0, 0.1) is 34.5 Å². The minimum Gasteiger partial charge on any atom is -0.481 e. The molecule has 0 aromatic heterocycles. The second kappa shape index (κ2) is 14.5. The number of aldehydes is 1. The summed E-state index contributed by atoms with van der Waals surface area (Å²) in [6.45, 7) is 9.32. The van der Waals surface area contributed by atoms with Crippen LogP contribution in [0.2, 0.25) is 0 Å². The lowest BCUT2D eigenvalue weighted by molar-refractivity contribution is -0.210. The Kier molecular flexibility index (Phi) is 11.0. The van der Waals surface area contributed by atoms with E-state index in [1.807, 2.05) is 12.1 Å². The average molecular weight is 607 g/mol. The molecule has 3 fully saturated rings. The quantitative estimate of drug-likeness (QED) is 0.263. The minimum atomic E-state index is -0.818. The number of carbonyl (C=O) groups is 4.